The number of aryl methyl sites for hydroxylation is 2. The fourth-order valence-electron chi connectivity index (χ4n) is 2.43. The third-order valence-corrected chi connectivity index (χ3v) is 4.35. The van der Waals surface area contributed by atoms with Crippen molar-refractivity contribution in [1.29, 1.82) is 0 Å². The molecule has 0 N–H and O–H groups in total. The molecule has 1 atom stereocenters. The van der Waals surface area contributed by atoms with E-state index in [1.807, 2.05) is 18.2 Å². The van der Waals surface area contributed by atoms with Gasteiger partial charge in [0.2, 0.25) is 0 Å². The van der Waals surface area contributed by atoms with Gasteiger partial charge in [0.15, 0.2) is 5.78 Å². The summed E-state index contributed by atoms with van der Waals surface area (Å²) in [6, 6.07) is 14.3. The molecule has 0 saturated heterocycles. The number of rotatable bonds is 5. The highest BCUT2D eigenvalue weighted by Gasteiger charge is 2.09. The molecule has 2 aromatic carbocycles. The zero-order valence-electron chi connectivity index (χ0n) is 13.4. The summed E-state index contributed by atoms with van der Waals surface area (Å²) in [5.41, 5.74) is 5.71. The molecule has 0 bridgehead atoms. The molecule has 0 heterocycles. The average Bonchev–Trinajstić information content (AvgIpc) is 2.50. The first-order valence-corrected chi connectivity index (χ1v) is 7.70. The van der Waals surface area contributed by atoms with Crippen LogP contribution in [0.25, 0.3) is 0 Å². The molecule has 0 aliphatic carbocycles. The molecule has 2 aromatic rings. The van der Waals surface area contributed by atoms with E-state index >= 15 is 0 Å². The molecule has 0 fully saturated rings. The lowest BCUT2D eigenvalue weighted by Gasteiger charge is -2.10. The number of Topliss-reactive ketones (excluding diaryl/α,β-unsaturated/α-hetero) is 1. The molecule has 1 heteroatoms. The van der Waals surface area contributed by atoms with E-state index in [1.165, 1.54) is 16.7 Å². The van der Waals surface area contributed by atoms with Crippen LogP contribution in [0, 0.1) is 13.8 Å². The molecule has 110 valence electrons. The standard InChI is InChI=1S/C20H24O/c1-5-14(2)18-8-10-19(11-9-18)20(21)13-17-7-6-15(3)16(4)12-17/h6-12,14H,5,13H2,1-4H3. The molecule has 1 nitrogen and oxygen atoms in total. The molecular weight excluding hydrogens is 256 g/mol. The van der Waals surface area contributed by atoms with Gasteiger partial charge in [-0.25, -0.2) is 0 Å². The second-order valence-corrected chi connectivity index (χ2v) is 5.95. The quantitative estimate of drug-likeness (QED) is 0.684. The summed E-state index contributed by atoms with van der Waals surface area (Å²) < 4.78 is 0. The van der Waals surface area contributed by atoms with Gasteiger partial charge < -0.3 is 0 Å². The number of ketones is 1. The topological polar surface area (TPSA) is 17.1 Å². The Morgan fingerprint density at radius 1 is 1.00 bits per heavy atom. The maximum Gasteiger partial charge on any atom is 0.167 e. The van der Waals surface area contributed by atoms with E-state index in [-0.39, 0.29) is 5.78 Å². The van der Waals surface area contributed by atoms with Crippen LogP contribution in [0.2, 0.25) is 0 Å². The Hall–Kier alpha value is -1.89. The minimum absolute atomic E-state index is 0.189. The van der Waals surface area contributed by atoms with Gasteiger partial charge in [0.05, 0.1) is 0 Å². The number of hydrogen-bond donors (Lipinski definition) is 0. The van der Waals surface area contributed by atoms with Gasteiger partial charge in [-0.3, -0.25) is 4.79 Å². The van der Waals surface area contributed by atoms with Gasteiger partial charge in [-0.1, -0.05) is 56.3 Å². The SMILES string of the molecule is CCC(C)c1ccc(C(=O)Cc2ccc(C)c(C)c2)cc1. The van der Waals surface area contributed by atoms with E-state index in [9.17, 15) is 4.79 Å². The van der Waals surface area contributed by atoms with Crippen LogP contribution in [0.5, 0.6) is 0 Å². The maximum absolute atomic E-state index is 12.4. The highest BCUT2D eigenvalue weighted by atomic mass is 16.1. The molecule has 0 spiro atoms. The summed E-state index contributed by atoms with van der Waals surface area (Å²) in [4.78, 5) is 12.4. The minimum Gasteiger partial charge on any atom is -0.294 e. The Kier molecular flexibility index (Phi) is 4.95. The van der Waals surface area contributed by atoms with E-state index in [2.05, 4.69) is 52.0 Å². The summed E-state index contributed by atoms with van der Waals surface area (Å²) in [5, 5.41) is 0. The molecule has 0 aliphatic heterocycles. The Bertz CT molecular complexity index is 623. The van der Waals surface area contributed by atoms with Gasteiger partial charge in [0, 0.05) is 12.0 Å². The molecule has 0 aromatic heterocycles. The minimum atomic E-state index is 0.189. The summed E-state index contributed by atoms with van der Waals surface area (Å²) in [6.45, 7) is 8.58. The van der Waals surface area contributed by atoms with Crippen LogP contribution in [-0.4, -0.2) is 5.78 Å². The molecule has 2 rings (SSSR count). The molecule has 0 saturated carbocycles. The van der Waals surface area contributed by atoms with Crippen LogP contribution in [0.15, 0.2) is 42.5 Å². The lowest BCUT2D eigenvalue weighted by molar-refractivity contribution is 0.0993. The number of hydrogen-bond acceptors (Lipinski definition) is 1. The number of benzene rings is 2. The van der Waals surface area contributed by atoms with Gasteiger partial charge >= 0.3 is 0 Å². The third-order valence-electron chi connectivity index (χ3n) is 4.35. The van der Waals surface area contributed by atoms with Crippen LogP contribution in [-0.2, 0) is 6.42 Å². The van der Waals surface area contributed by atoms with E-state index in [4.69, 9.17) is 0 Å². The van der Waals surface area contributed by atoms with Gasteiger partial charge in [-0.2, -0.15) is 0 Å². The maximum atomic E-state index is 12.4. The highest BCUT2D eigenvalue weighted by molar-refractivity contribution is 5.97. The van der Waals surface area contributed by atoms with E-state index in [1.54, 1.807) is 0 Å². The Morgan fingerprint density at radius 2 is 1.67 bits per heavy atom. The van der Waals surface area contributed by atoms with E-state index < -0.39 is 0 Å². The van der Waals surface area contributed by atoms with Crippen molar-refractivity contribution in [2.75, 3.05) is 0 Å². The van der Waals surface area contributed by atoms with Crippen molar-refractivity contribution in [1.82, 2.24) is 0 Å². The first-order chi connectivity index (χ1) is 10.0. The van der Waals surface area contributed by atoms with Crippen molar-refractivity contribution in [2.24, 2.45) is 0 Å². The third kappa shape index (κ3) is 3.81. The fourth-order valence-corrected chi connectivity index (χ4v) is 2.43. The lowest BCUT2D eigenvalue weighted by atomic mass is 9.95. The smallest absolute Gasteiger partial charge is 0.167 e. The monoisotopic (exact) mass is 280 g/mol. The molecular formula is C20H24O. The second kappa shape index (κ2) is 6.71. The second-order valence-electron chi connectivity index (χ2n) is 5.95. The predicted molar refractivity (Wildman–Crippen MR) is 89.1 cm³/mol. The lowest BCUT2D eigenvalue weighted by Crippen LogP contribution is -2.04. The summed E-state index contributed by atoms with van der Waals surface area (Å²) in [7, 11) is 0. The number of carbonyl (C=O) groups is 1. The van der Waals surface area contributed by atoms with Crippen LogP contribution < -0.4 is 0 Å². The zero-order valence-corrected chi connectivity index (χ0v) is 13.4. The van der Waals surface area contributed by atoms with Gasteiger partial charge in [-0.15, -0.1) is 0 Å². The van der Waals surface area contributed by atoms with E-state index in [0.717, 1.165) is 17.5 Å². The van der Waals surface area contributed by atoms with Crippen molar-refractivity contribution >= 4 is 5.78 Å². The van der Waals surface area contributed by atoms with E-state index in [0.29, 0.717) is 12.3 Å². The summed E-state index contributed by atoms with van der Waals surface area (Å²) in [5.74, 6) is 0.739. The van der Waals surface area contributed by atoms with Crippen LogP contribution >= 0.6 is 0 Å². The highest BCUT2D eigenvalue weighted by Crippen LogP contribution is 2.19. The molecule has 0 aliphatic rings. The summed E-state index contributed by atoms with van der Waals surface area (Å²) >= 11 is 0. The van der Waals surface area contributed by atoms with Gasteiger partial charge in [0.1, 0.15) is 0 Å². The van der Waals surface area contributed by atoms with Gasteiger partial charge in [-0.05, 0) is 48.4 Å². The van der Waals surface area contributed by atoms with Crippen molar-refractivity contribution in [2.45, 2.75) is 46.5 Å². The van der Waals surface area contributed by atoms with Crippen LogP contribution in [0.3, 0.4) is 0 Å². The van der Waals surface area contributed by atoms with Crippen LogP contribution in [0.4, 0.5) is 0 Å². The zero-order chi connectivity index (χ0) is 15.4. The average molecular weight is 280 g/mol. The van der Waals surface area contributed by atoms with Crippen molar-refractivity contribution in [3.63, 3.8) is 0 Å². The molecule has 21 heavy (non-hydrogen) atoms. The first-order valence-electron chi connectivity index (χ1n) is 7.70. The number of carbonyl (C=O) groups excluding carboxylic acids is 1. The molecule has 1 unspecified atom stereocenters. The fraction of sp³-hybridized carbons (Fsp3) is 0.350. The van der Waals surface area contributed by atoms with Gasteiger partial charge in [0.25, 0.3) is 0 Å². The normalized spacial score (nSPS) is 12.2. The van der Waals surface area contributed by atoms with Crippen LogP contribution in [0.1, 0.15) is 58.8 Å². The van der Waals surface area contributed by atoms with Crippen molar-refractivity contribution in [3.05, 3.63) is 70.3 Å². The Labute approximate surface area is 128 Å². The molecule has 0 amide bonds. The van der Waals surface area contributed by atoms with Crippen molar-refractivity contribution < 1.29 is 4.79 Å². The Morgan fingerprint density at radius 3 is 2.24 bits per heavy atom. The van der Waals surface area contributed by atoms with Crippen molar-refractivity contribution in [3.8, 4) is 0 Å². The largest absolute Gasteiger partial charge is 0.294 e. The molecule has 0 radical (unpaired) electrons. The summed E-state index contributed by atoms with van der Waals surface area (Å²) in [6.07, 6.45) is 1.60. The Balaban J connectivity index is 2.11. The predicted octanol–water partition coefficient (Wildman–Crippen LogP) is 5.24. The first kappa shape index (κ1) is 15.5.